The van der Waals surface area contributed by atoms with Gasteiger partial charge in [0.25, 0.3) is 0 Å². The minimum atomic E-state index is -1.60. The predicted molar refractivity (Wildman–Crippen MR) is 94.0 cm³/mol. The number of aliphatic hydroxyl groups excluding tert-OH is 4. The normalized spacial score (nSPS) is 14.7. The lowest BCUT2D eigenvalue weighted by molar-refractivity contribution is -0.120. The van der Waals surface area contributed by atoms with Crippen LogP contribution in [0.1, 0.15) is 24.0 Å². The van der Waals surface area contributed by atoms with Gasteiger partial charge in [-0.15, -0.1) is 6.42 Å². The molecule has 10 nitrogen and oxygen atoms in total. The summed E-state index contributed by atoms with van der Waals surface area (Å²) in [5.41, 5.74) is 5.20. The number of carbonyl (C=O) groups is 1. The van der Waals surface area contributed by atoms with E-state index in [0.717, 1.165) is 0 Å². The highest BCUT2D eigenvalue weighted by Crippen LogP contribution is 2.18. The minimum Gasteiger partial charge on any atom is -0.394 e. The quantitative estimate of drug-likeness (QED) is 0.149. The van der Waals surface area contributed by atoms with Crippen LogP contribution in [0.3, 0.4) is 0 Å². The van der Waals surface area contributed by atoms with Crippen molar-refractivity contribution in [3.05, 3.63) is 36.6 Å². The van der Waals surface area contributed by atoms with Crippen molar-refractivity contribution in [1.82, 2.24) is 20.8 Å². The molecule has 0 aliphatic heterocycles. The Labute approximate surface area is 150 Å². The van der Waals surface area contributed by atoms with E-state index >= 15 is 0 Å². The number of rotatable bonds is 10. The van der Waals surface area contributed by atoms with Crippen molar-refractivity contribution >= 4 is 17.8 Å². The first-order valence-corrected chi connectivity index (χ1v) is 7.47. The van der Waals surface area contributed by atoms with E-state index in [1.165, 1.54) is 24.7 Å². The number of amides is 1. The minimum absolute atomic E-state index is 0.00253. The lowest BCUT2D eigenvalue weighted by atomic mass is 10.1. The van der Waals surface area contributed by atoms with Crippen LogP contribution in [0, 0.1) is 12.3 Å². The summed E-state index contributed by atoms with van der Waals surface area (Å²) in [5, 5.41) is 37.7. The van der Waals surface area contributed by atoms with Crippen molar-refractivity contribution in [2.45, 2.75) is 24.7 Å². The zero-order valence-corrected chi connectivity index (χ0v) is 13.8. The summed E-state index contributed by atoms with van der Waals surface area (Å²) in [7, 11) is 0. The molecule has 1 amide bonds. The summed E-state index contributed by atoms with van der Waals surface area (Å²) in [5.74, 6) is 2.05. The summed E-state index contributed by atoms with van der Waals surface area (Å²) in [4.78, 5) is 22.0. The van der Waals surface area contributed by atoms with Gasteiger partial charge in [0.15, 0.2) is 5.82 Å². The second kappa shape index (κ2) is 10.8. The van der Waals surface area contributed by atoms with Crippen LogP contribution >= 0.6 is 0 Å². The van der Waals surface area contributed by atoms with Crippen molar-refractivity contribution < 1.29 is 25.2 Å². The third-order valence-corrected chi connectivity index (χ3v) is 3.10. The van der Waals surface area contributed by atoms with E-state index < -0.39 is 30.8 Å². The molecule has 3 atom stereocenters. The predicted octanol–water partition coefficient (Wildman–Crippen LogP) is -1.64. The monoisotopic (exact) mass is 363 g/mol. The number of hydrogen-bond donors (Lipinski definition) is 7. The fourth-order valence-electron chi connectivity index (χ4n) is 1.68. The van der Waals surface area contributed by atoms with E-state index in [9.17, 15) is 20.1 Å². The molecule has 0 aromatic carbocycles. The standard InChI is InChI=1S/C16H21N5O5/c1-3-4-6-17-7-5-13(24)21-20-10(2)16-18-8-11(19-16)14(25)15(26)12(23)9-22/h1,4,6-8,12,14-15,20,22-23,25-26H,2,5,9H2,(H,18,19)(H,21,24)/b6-4-,17-7?/t12-,14-,15-/m1/s1. The molecule has 1 rings (SSSR count). The zero-order valence-electron chi connectivity index (χ0n) is 13.8. The smallest absolute Gasteiger partial charge is 0.243 e. The van der Waals surface area contributed by atoms with Crippen molar-refractivity contribution in [2.75, 3.05) is 6.61 Å². The van der Waals surface area contributed by atoms with Crippen LogP contribution in [0.25, 0.3) is 5.70 Å². The summed E-state index contributed by atoms with van der Waals surface area (Å²) >= 11 is 0. The van der Waals surface area contributed by atoms with Crippen LogP contribution in [0.4, 0.5) is 0 Å². The Kier molecular flexibility index (Phi) is 8.76. The lowest BCUT2D eigenvalue weighted by Crippen LogP contribution is -2.36. The van der Waals surface area contributed by atoms with Gasteiger partial charge in [0.05, 0.1) is 30.6 Å². The summed E-state index contributed by atoms with van der Waals surface area (Å²) < 4.78 is 0. The largest absolute Gasteiger partial charge is 0.394 e. The molecule has 0 aliphatic rings. The molecular formula is C16H21N5O5. The van der Waals surface area contributed by atoms with E-state index in [4.69, 9.17) is 11.5 Å². The molecule has 7 N–H and O–H groups in total. The first kappa shape index (κ1) is 21.1. The molecule has 0 radical (unpaired) electrons. The maximum atomic E-state index is 11.6. The number of nitrogens with one attached hydrogen (secondary N) is 3. The first-order chi connectivity index (χ1) is 12.4. The van der Waals surface area contributed by atoms with E-state index in [1.807, 2.05) is 0 Å². The van der Waals surface area contributed by atoms with E-state index in [0.29, 0.717) is 0 Å². The van der Waals surface area contributed by atoms with Gasteiger partial charge in [-0.1, -0.05) is 12.5 Å². The molecule has 0 spiro atoms. The molecule has 0 saturated carbocycles. The maximum Gasteiger partial charge on any atom is 0.243 e. The van der Waals surface area contributed by atoms with Gasteiger partial charge in [0.1, 0.15) is 18.3 Å². The van der Waals surface area contributed by atoms with E-state index in [1.54, 1.807) is 0 Å². The van der Waals surface area contributed by atoms with Crippen molar-refractivity contribution in [3.63, 3.8) is 0 Å². The van der Waals surface area contributed by atoms with Gasteiger partial charge in [-0.05, 0) is 0 Å². The van der Waals surface area contributed by atoms with Gasteiger partial charge >= 0.3 is 0 Å². The molecule has 0 saturated heterocycles. The number of hydrazine groups is 1. The molecule has 26 heavy (non-hydrogen) atoms. The Bertz CT molecular complexity index is 706. The lowest BCUT2D eigenvalue weighted by Gasteiger charge is -2.20. The number of imidazole rings is 1. The molecule has 1 heterocycles. The van der Waals surface area contributed by atoms with Crippen LogP contribution in [-0.2, 0) is 4.79 Å². The summed E-state index contributed by atoms with van der Waals surface area (Å²) in [6.45, 7) is 2.96. The van der Waals surface area contributed by atoms with Crippen LogP contribution < -0.4 is 10.9 Å². The maximum absolute atomic E-state index is 11.6. The number of terminal acetylenes is 1. The number of aliphatic hydroxyl groups is 4. The molecule has 0 unspecified atom stereocenters. The van der Waals surface area contributed by atoms with Crippen molar-refractivity contribution in [3.8, 4) is 12.3 Å². The van der Waals surface area contributed by atoms with Crippen LogP contribution in [0.2, 0.25) is 0 Å². The van der Waals surface area contributed by atoms with Gasteiger partial charge in [-0.3, -0.25) is 20.6 Å². The topological polar surface area (TPSA) is 163 Å². The highest BCUT2D eigenvalue weighted by molar-refractivity contribution is 5.90. The number of H-pyrrole nitrogens is 1. The van der Waals surface area contributed by atoms with Crippen molar-refractivity contribution in [2.24, 2.45) is 4.99 Å². The molecule has 0 fully saturated rings. The fourth-order valence-corrected chi connectivity index (χ4v) is 1.68. The van der Waals surface area contributed by atoms with Crippen molar-refractivity contribution in [1.29, 1.82) is 0 Å². The second-order valence-electron chi connectivity index (χ2n) is 5.04. The number of aromatic nitrogens is 2. The molecule has 140 valence electrons. The first-order valence-electron chi connectivity index (χ1n) is 7.47. The highest BCUT2D eigenvalue weighted by atomic mass is 16.4. The Hall–Kier alpha value is -2.97. The number of hydrogen-bond acceptors (Lipinski definition) is 8. The van der Waals surface area contributed by atoms with Gasteiger partial charge in [0, 0.05) is 18.5 Å². The highest BCUT2D eigenvalue weighted by Gasteiger charge is 2.27. The zero-order chi connectivity index (χ0) is 19.5. The van der Waals surface area contributed by atoms with Gasteiger partial charge in [-0.2, -0.15) is 0 Å². The van der Waals surface area contributed by atoms with Gasteiger partial charge in [0.2, 0.25) is 5.91 Å². The molecule has 0 bridgehead atoms. The number of allylic oxidation sites excluding steroid dienone is 1. The average Bonchev–Trinajstić information content (AvgIpc) is 3.14. The average molecular weight is 363 g/mol. The Morgan fingerprint density at radius 3 is 2.85 bits per heavy atom. The SMILES string of the molecule is C#C/C=C\N=CCC(=O)NNC(=C)c1ncc([C@@H](O)[C@H](O)[C@H](O)CO)[nH]1. The fraction of sp³-hybridized carbons (Fsp3) is 0.312. The van der Waals surface area contributed by atoms with E-state index in [-0.39, 0.29) is 23.6 Å². The molecule has 0 aliphatic carbocycles. The molecule has 10 heteroatoms. The second-order valence-corrected chi connectivity index (χ2v) is 5.04. The number of aliphatic imine (C=N–C) groups is 1. The summed E-state index contributed by atoms with van der Waals surface area (Å²) in [6, 6.07) is 0. The molecular weight excluding hydrogens is 342 g/mol. The number of carbonyl (C=O) groups excluding carboxylic acids is 1. The van der Waals surface area contributed by atoms with Gasteiger partial charge in [-0.25, -0.2) is 4.98 Å². The van der Waals surface area contributed by atoms with Gasteiger partial charge < -0.3 is 25.4 Å². The van der Waals surface area contributed by atoms with Crippen LogP contribution in [-0.4, -0.2) is 61.3 Å². The Morgan fingerprint density at radius 2 is 2.19 bits per heavy atom. The third-order valence-electron chi connectivity index (χ3n) is 3.10. The molecule has 1 aromatic rings. The number of nitrogens with zero attached hydrogens (tertiary/aromatic N) is 2. The Morgan fingerprint density at radius 1 is 1.46 bits per heavy atom. The molecule has 1 aromatic heterocycles. The van der Waals surface area contributed by atoms with Crippen LogP contribution in [0.5, 0.6) is 0 Å². The van der Waals surface area contributed by atoms with E-state index in [2.05, 4.69) is 38.3 Å². The van der Waals surface area contributed by atoms with Crippen LogP contribution in [0.15, 0.2) is 30.0 Å². The third kappa shape index (κ3) is 6.50. The number of aromatic amines is 1. The Balaban J connectivity index is 2.53. The summed E-state index contributed by atoms with van der Waals surface area (Å²) in [6.07, 6.45) is 5.75.